The smallest absolute Gasteiger partial charge is 0.243 e. The molecule has 0 aliphatic heterocycles. The summed E-state index contributed by atoms with van der Waals surface area (Å²) in [5, 5.41) is 11.5. The first-order chi connectivity index (χ1) is 5.94. The van der Waals surface area contributed by atoms with E-state index < -0.39 is 0 Å². The van der Waals surface area contributed by atoms with Crippen LogP contribution in [0, 0.1) is 11.3 Å². The summed E-state index contributed by atoms with van der Waals surface area (Å²) in [6.45, 7) is 7.05. The van der Waals surface area contributed by atoms with Crippen molar-refractivity contribution in [3.63, 3.8) is 0 Å². The van der Waals surface area contributed by atoms with Gasteiger partial charge in [-0.2, -0.15) is 0 Å². The van der Waals surface area contributed by atoms with Crippen LogP contribution in [-0.2, 0) is 4.79 Å². The Bertz CT molecular complexity index is 169. The van der Waals surface area contributed by atoms with Crippen molar-refractivity contribution >= 4 is 5.91 Å². The highest BCUT2D eigenvalue weighted by Gasteiger charge is 2.26. The van der Waals surface area contributed by atoms with Crippen LogP contribution < -0.4 is 10.8 Å². The van der Waals surface area contributed by atoms with E-state index in [0.29, 0.717) is 6.42 Å². The van der Waals surface area contributed by atoms with Crippen LogP contribution in [0.3, 0.4) is 0 Å². The maximum absolute atomic E-state index is 10.9. The summed E-state index contributed by atoms with van der Waals surface area (Å²) < 4.78 is 0. The number of hydroxylamine groups is 1. The summed E-state index contributed by atoms with van der Waals surface area (Å²) in [4.78, 5) is 10.9. The fraction of sp³-hybridized carbons (Fsp3) is 0.889. The highest BCUT2D eigenvalue weighted by molar-refractivity contribution is 5.74. The molecular weight excluding hydrogens is 168 g/mol. The van der Waals surface area contributed by atoms with Crippen molar-refractivity contribution < 1.29 is 10.0 Å². The number of hydrogen-bond donors (Lipinski definition) is 3. The number of carbonyl (C=O) groups is 1. The predicted molar refractivity (Wildman–Crippen MR) is 51.4 cm³/mol. The average Bonchev–Trinajstić information content (AvgIpc) is 2.04. The summed E-state index contributed by atoms with van der Waals surface area (Å²) in [6, 6.07) is 0. The van der Waals surface area contributed by atoms with Crippen LogP contribution in [0.25, 0.3) is 0 Å². The van der Waals surface area contributed by atoms with E-state index in [2.05, 4.69) is 19.2 Å². The second-order valence-electron chi connectivity index (χ2n) is 4.16. The lowest BCUT2D eigenvalue weighted by Crippen LogP contribution is -2.35. The van der Waals surface area contributed by atoms with E-state index >= 15 is 0 Å². The molecule has 0 rings (SSSR count). The molecule has 0 bridgehead atoms. The minimum absolute atomic E-state index is 0.0568. The molecule has 0 radical (unpaired) electrons. The summed E-state index contributed by atoms with van der Waals surface area (Å²) in [6.07, 6.45) is 0.352. The summed E-state index contributed by atoms with van der Waals surface area (Å²) in [5.41, 5.74) is 1.71. The molecule has 1 amide bonds. The second-order valence-corrected chi connectivity index (χ2v) is 4.16. The van der Waals surface area contributed by atoms with Gasteiger partial charge in [-0.15, -0.1) is 0 Å². The Labute approximate surface area is 79.7 Å². The van der Waals surface area contributed by atoms with Crippen LogP contribution in [0.2, 0.25) is 0 Å². The van der Waals surface area contributed by atoms with E-state index in [9.17, 15) is 4.79 Å². The highest BCUT2D eigenvalue weighted by atomic mass is 16.5. The van der Waals surface area contributed by atoms with Gasteiger partial charge >= 0.3 is 0 Å². The monoisotopic (exact) mass is 188 g/mol. The molecule has 1 atom stereocenters. The molecule has 13 heavy (non-hydrogen) atoms. The standard InChI is InChI=1S/C9H20N2O2/c1-7(5-8(12)11-13)9(2,3)6-10-4/h7,10,13H,5-6H2,1-4H3,(H,11,12). The molecular formula is C9H20N2O2. The molecule has 1 unspecified atom stereocenters. The van der Waals surface area contributed by atoms with Crippen molar-refractivity contribution in [3.05, 3.63) is 0 Å². The van der Waals surface area contributed by atoms with E-state index in [1.165, 1.54) is 0 Å². The van der Waals surface area contributed by atoms with Gasteiger partial charge in [0.15, 0.2) is 0 Å². The van der Waals surface area contributed by atoms with Gasteiger partial charge in [0, 0.05) is 13.0 Å². The normalized spacial score (nSPS) is 13.9. The molecule has 0 aliphatic rings. The lowest BCUT2D eigenvalue weighted by Gasteiger charge is -2.31. The SMILES string of the molecule is CNCC(C)(C)C(C)CC(=O)NO. The van der Waals surface area contributed by atoms with Crippen molar-refractivity contribution in [3.8, 4) is 0 Å². The third-order valence-corrected chi connectivity index (χ3v) is 2.58. The molecule has 0 spiro atoms. The fourth-order valence-corrected chi connectivity index (χ4v) is 1.23. The highest BCUT2D eigenvalue weighted by Crippen LogP contribution is 2.27. The van der Waals surface area contributed by atoms with E-state index in [0.717, 1.165) is 6.54 Å². The minimum Gasteiger partial charge on any atom is -0.319 e. The maximum atomic E-state index is 10.9. The van der Waals surface area contributed by atoms with Gasteiger partial charge in [0.1, 0.15) is 0 Å². The van der Waals surface area contributed by atoms with Crippen LogP contribution in [-0.4, -0.2) is 24.7 Å². The van der Waals surface area contributed by atoms with Crippen LogP contribution in [0.1, 0.15) is 27.2 Å². The van der Waals surface area contributed by atoms with Crippen LogP contribution in [0.5, 0.6) is 0 Å². The summed E-state index contributed by atoms with van der Waals surface area (Å²) >= 11 is 0. The van der Waals surface area contributed by atoms with Crippen LogP contribution in [0.15, 0.2) is 0 Å². The Hall–Kier alpha value is -0.610. The van der Waals surface area contributed by atoms with Crippen molar-refractivity contribution in [1.29, 1.82) is 0 Å². The minimum atomic E-state index is -0.323. The van der Waals surface area contributed by atoms with E-state index in [4.69, 9.17) is 5.21 Å². The molecule has 4 heteroatoms. The van der Waals surface area contributed by atoms with Gasteiger partial charge in [0.2, 0.25) is 5.91 Å². The van der Waals surface area contributed by atoms with Crippen LogP contribution >= 0.6 is 0 Å². The summed E-state index contributed by atoms with van der Waals surface area (Å²) in [5.74, 6) is -0.0937. The van der Waals surface area contributed by atoms with Gasteiger partial charge in [0.05, 0.1) is 0 Å². The Kier molecular flexibility index (Phi) is 4.95. The summed E-state index contributed by atoms with van der Waals surface area (Å²) in [7, 11) is 1.89. The lowest BCUT2D eigenvalue weighted by atomic mass is 9.78. The Morgan fingerprint density at radius 1 is 1.54 bits per heavy atom. The number of amides is 1. The molecule has 0 saturated carbocycles. The Morgan fingerprint density at radius 2 is 2.08 bits per heavy atom. The van der Waals surface area contributed by atoms with Gasteiger partial charge < -0.3 is 5.32 Å². The van der Waals surface area contributed by atoms with E-state index in [-0.39, 0.29) is 17.2 Å². The van der Waals surface area contributed by atoms with Gasteiger partial charge in [-0.3, -0.25) is 10.0 Å². The topological polar surface area (TPSA) is 61.4 Å². The zero-order chi connectivity index (χ0) is 10.5. The molecule has 0 saturated heterocycles. The Morgan fingerprint density at radius 3 is 2.46 bits per heavy atom. The third-order valence-electron chi connectivity index (χ3n) is 2.58. The molecule has 0 aromatic rings. The van der Waals surface area contributed by atoms with Gasteiger partial charge in [0.25, 0.3) is 0 Å². The molecule has 0 aromatic carbocycles. The molecule has 0 fully saturated rings. The van der Waals surface area contributed by atoms with Gasteiger partial charge in [-0.05, 0) is 18.4 Å². The van der Waals surface area contributed by atoms with Crippen molar-refractivity contribution in [2.45, 2.75) is 27.2 Å². The van der Waals surface area contributed by atoms with Crippen molar-refractivity contribution in [2.24, 2.45) is 11.3 Å². The molecule has 0 aliphatic carbocycles. The fourth-order valence-electron chi connectivity index (χ4n) is 1.23. The molecule has 4 nitrogen and oxygen atoms in total. The van der Waals surface area contributed by atoms with Crippen LogP contribution in [0.4, 0.5) is 0 Å². The third kappa shape index (κ3) is 4.24. The first-order valence-corrected chi connectivity index (χ1v) is 4.51. The number of nitrogens with one attached hydrogen (secondary N) is 2. The predicted octanol–water partition coefficient (Wildman–Crippen LogP) is 0.764. The quantitative estimate of drug-likeness (QED) is 0.441. The number of hydrogen-bond acceptors (Lipinski definition) is 3. The van der Waals surface area contributed by atoms with Crippen molar-refractivity contribution in [2.75, 3.05) is 13.6 Å². The largest absolute Gasteiger partial charge is 0.319 e. The lowest BCUT2D eigenvalue weighted by molar-refractivity contribution is -0.130. The number of rotatable bonds is 5. The molecule has 0 heterocycles. The first-order valence-electron chi connectivity index (χ1n) is 4.51. The van der Waals surface area contributed by atoms with Gasteiger partial charge in [-0.1, -0.05) is 20.8 Å². The van der Waals surface area contributed by atoms with E-state index in [1.54, 1.807) is 5.48 Å². The molecule has 0 aromatic heterocycles. The molecule has 78 valence electrons. The molecule has 3 N–H and O–H groups in total. The zero-order valence-corrected chi connectivity index (χ0v) is 8.85. The second kappa shape index (κ2) is 5.19. The maximum Gasteiger partial charge on any atom is 0.243 e. The van der Waals surface area contributed by atoms with Crippen molar-refractivity contribution in [1.82, 2.24) is 10.8 Å². The number of carbonyl (C=O) groups excluding carboxylic acids is 1. The Balaban J connectivity index is 4.07. The van der Waals surface area contributed by atoms with Gasteiger partial charge in [-0.25, -0.2) is 5.48 Å². The zero-order valence-electron chi connectivity index (χ0n) is 8.85. The van der Waals surface area contributed by atoms with E-state index in [1.807, 2.05) is 14.0 Å². The average molecular weight is 188 g/mol. The first kappa shape index (κ1) is 12.4.